The Labute approximate surface area is 95.8 Å². The lowest BCUT2D eigenvalue weighted by Gasteiger charge is -2.29. The van der Waals surface area contributed by atoms with Crippen LogP contribution >= 0.6 is 0 Å². The Bertz CT molecular complexity index is 373. The normalized spacial score (nSPS) is 36.8. The fraction of sp³-hybridized carbons (Fsp3) is 0.769. The number of hydrogen-bond acceptors (Lipinski definition) is 3. The lowest BCUT2D eigenvalue weighted by Crippen LogP contribution is -2.27. The summed E-state index contributed by atoms with van der Waals surface area (Å²) in [7, 11) is 0. The molecular weight excluding hydrogens is 204 g/mol. The van der Waals surface area contributed by atoms with Crippen LogP contribution in [0.2, 0.25) is 0 Å². The summed E-state index contributed by atoms with van der Waals surface area (Å²) >= 11 is 0. The molecule has 1 unspecified atom stereocenters. The maximum absolute atomic E-state index is 12.0. The highest BCUT2D eigenvalue weighted by Gasteiger charge is 2.49. The molecule has 2 aliphatic heterocycles. The highest BCUT2D eigenvalue weighted by molar-refractivity contribution is 5.97. The maximum atomic E-state index is 12.0. The van der Waals surface area contributed by atoms with Crippen LogP contribution in [0.4, 0.5) is 0 Å². The van der Waals surface area contributed by atoms with Crippen LogP contribution in [0.25, 0.3) is 0 Å². The van der Waals surface area contributed by atoms with Gasteiger partial charge in [0.05, 0.1) is 6.61 Å². The van der Waals surface area contributed by atoms with E-state index >= 15 is 0 Å². The van der Waals surface area contributed by atoms with E-state index in [4.69, 9.17) is 9.47 Å². The third kappa shape index (κ3) is 1.49. The summed E-state index contributed by atoms with van der Waals surface area (Å²) in [6.45, 7) is 5.01. The van der Waals surface area contributed by atoms with E-state index in [1.165, 1.54) is 0 Å². The van der Waals surface area contributed by atoms with Crippen molar-refractivity contribution in [1.29, 1.82) is 0 Å². The van der Waals surface area contributed by atoms with E-state index in [9.17, 15) is 4.79 Å². The van der Waals surface area contributed by atoms with Gasteiger partial charge in [-0.25, -0.2) is 0 Å². The molecule has 0 aromatic rings. The van der Waals surface area contributed by atoms with Crippen molar-refractivity contribution in [2.75, 3.05) is 6.61 Å². The zero-order valence-electron chi connectivity index (χ0n) is 9.97. The molecule has 16 heavy (non-hydrogen) atoms. The molecule has 1 saturated heterocycles. The zero-order chi connectivity index (χ0) is 11.4. The second kappa shape index (κ2) is 3.10. The summed E-state index contributed by atoms with van der Waals surface area (Å²) in [6, 6.07) is 0. The van der Waals surface area contributed by atoms with Gasteiger partial charge in [0.1, 0.15) is 5.76 Å². The second-order valence-electron chi connectivity index (χ2n) is 5.98. The van der Waals surface area contributed by atoms with Crippen LogP contribution in [-0.2, 0) is 14.3 Å². The van der Waals surface area contributed by atoms with Gasteiger partial charge in [-0.05, 0) is 11.8 Å². The van der Waals surface area contributed by atoms with Crippen molar-refractivity contribution >= 4 is 5.78 Å². The fourth-order valence-corrected chi connectivity index (χ4v) is 3.02. The average molecular weight is 222 g/mol. The first kappa shape index (κ1) is 10.3. The summed E-state index contributed by atoms with van der Waals surface area (Å²) in [4.78, 5) is 12.0. The molecule has 0 saturated carbocycles. The lowest BCUT2D eigenvalue weighted by molar-refractivity contribution is -0.172. The van der Waals surface area contributed by atoms with Gasteiger partial charge in [-0.1, -0.05) is 13.8 Å². The van der Waals surface area contributed by atoms with Gasteiger partial charge in [-0.15, -0.1) is 0 Å². The van der Waals surface area contributed by atoms with Crippen LogP contribution < -0.4 is 0 Å². The molecule has 88 valence electrons. The molecule has 0 bridgehead atoms. The van der Waals surface area contributed by atoms with E-state index in [-0.39, 0.29) is 11.2 Å². The summed E-state index contributed by atoms with van der Waals surface area (Å²) in [5.74, 6) is 0.697. The van der Waals surface area contributed by atoms with Crippen molar-refractivity contribution in [2.24, 2.45) is 5.41 Å². The minimum Gasteiger partial charge on any atom is -0.466 e. The molecule has 3 heteroatoms. The van der Waals surface area contributed by atoms with Crippen molar-refractivity contribution in [3.05, 3.63) is 11.3 Å². The van der Waals surface area contributed by atoms with Gasteiger partial charge in [0.2, 0.25) is 5.79 Å². The molecule has 0 aromatic heterocycles. The Hall–Kier alpha value is -0.830. The Balaban J connectivity index is 1.88. The maximum Gasteiger partial charge on any atom is 0.214 e. The molecule has 1 aliphatic carbocycles. The van der Waals surface area contributed by atoms with Gasteiger partial charge in [0.15, 0.2) is 5.78 Å². The molecule has 1 atom stereocenters. The largest absolute Gasteiger partial charge is 0.466 e. The highest BCUT2D eigenvalue weighted by Crippen LogP contribution is 2.49. The van der Waals surface area contributed by atoms with E-state index in [0.29, 0.717) is 12.8 Å². The van der Waals surface area contributed by atoms with E-state index in [0.717, 1.165) is 37.2 Å². The molecule has 0 aromatic carbocycles. The summed E-state index contributed by atoms with van der Waals surface area (Å²) in [5.41, 5.74) is 0.946. The van der Waals surface area contributed by atoms with Crippen molar-refractivity contribution < 1.29 is 14.3 Å². The summed E-state index contributed by atoms with van der Waals surface area (Å²) in [5, 5.41) is 0. The minimum absolute atomic E-state index is 0.0417. The monoisotopic (exact) mass is 222 g/mol. The lowest BCUT2D eigenvalue weighted by atomic mass is 9.76. The number of allylic oxidation sites excluding steroid dienone is 1. The van der Waals surface area contributed by atoms with E-state index in [2.05, 4.69) is 13.8 Å². The number of rotatable bonds is 0. The SMILES string of the molecule is CC1(C)CC(=O)C2=C(C1)OC1(CCCO1)C2. The van der Waals surface area contributed by atoms with Gasteiger partial charge in [-0.2, -0.15) is 0 Å². The fourth-order valence-electron chi connectivity index (χ4n) is 3.02. The summed E-state index contributed by atoms with van der Waals surface area (Å²) in [6.07, 6.45) is 4.16. The zero-order valence-corrected chi connectivity index (χ0v) is 9.97. The highest BCUT2D eigenvalue weighted by atomic mass is 16.7. The molecule has 0 N–H and O–H groups in total. The first-order chi connectivity index (χ1) is 7.50. The second-order valence-corrected chi connectivity index (χ2v) is 5.98. The Morgan fingerprint density at radius 3 is 2.69 bits per heavy atom. The van der Waals surface area contributed by atoms with Gasteiger partial charge in [-0.3, -0.25) is 4.79 Å². The van der Waals surface area contributed by atoms with Crippen LogP contribution in [0.15, 0.2) is 11.3 Å². The Morgan fingerprint density at radius 2 is 2.00 bits per heavy atom. The van der Waals surface area contributed by atoms with Crippen molar-refractivity contribution in [2.45, 2.75) is 51.7 Å². The molecule has 2 heterocycles. The first-order valence-corrected chi connectivity index (χ1v) is 6.08. The average Bonchev–Trinajstić information content (AvgIpc) is 2.72. The van der Waals surface area contributed by atoms with Gasteiger partial charge in [0, 0.05) is 31.3 Å². The van der Waals surface area contributed by atoms with Gasteiger partial charge < -0.3 is 9.47 Å². The Kier molecular flexibility index (Phi) is 2.00. The molecule has 3 aliphatic rings. The standard InChI is InChI=1S/C13H18O3/c1-12(2)7-10(14)9-6-13(4-3-5-15-13)16-11(9)8-12/h3-8H2,1-2H3. The van der Waals surface area contributed by atoms with E-state index in [1.807, 2.05) is 0 Å². The van der Waals surface area contributed by atoms with Crippen LogP contribution in [0.1, 0.15) is 46.0 Å². The van der Waals surface area contributed by atoms with Crippen molar-refractivity contribution in [3.63, 3.8) is 0 Å². The van der Waals surface area contributed by atoms with Crippen LogP contribution in [0, 0.1) is 5.41 Å². The number of hydrogen-bond donors (Lipinski definition) is 0. The van der Waals surface area contributed by atoms with Gasteiger partial charge >= 0.3 is 0 Å². The number of ketones is 1. The van der Waals surface area contributed by atoms with Crippen molar-refractivity contribution in [1.82, 2.24) is 0 Å². The van der Waals surface area contributed by atoms with Crippen molar-refractivity contribution in [3.8, 4) is 0 Å². The molecule has 3 rings (SSSR count). The molecule has 3 nitrogen and oxygen atoms in total. The first-order valence-electron chi connectivity index (χ1n) is 6.08. The van der Waals surface area contributed by atoms with E-state index < -0.39 is 5.79 Å². The molecule has 1 spiro atoms. The number of carbonyl (C=O) groups excluding carboxylic acids is 1. The number of carbonyl (C=O) groups is 1. The predicted molar refractivity (Wildman–Crippen MR) is 58.7 cm³/mol. The molecule has 0 radical (unpaired) electrons. The van der Waals surface area contributed by atoms with Gasteiger partial charge in [0.25, 0.3) is 0 Å². The quantitative estimate of drug-likeness (QED) is 0.632. The topological polar surface area (TPSA) is 35.5 Å². The minimum atomic E-state index is -0.471. The Morgan fingerprint density at radius 1 is 1.19 bits per heavy atom. The number of Topliss-reactive ketones (excluding diaryl/α,β-unsaturated/α-hetero) is 1. The van der Waals surface area contributed by atoms with Crippen LogP contribution in [0.3, 0.4) is 0 Å². The third-order valence-electron chi connectivity index (χ3n) is 3.77. The van der Waals surface area contributed by atoms with Crippen LogP contribution in [-0.4, -0.2) is 18.2 Å². The van der Waals surface area contributed by atoms with E-state index in [1.54, 1.807) is 0 Å². The molecule has 1 fully saturated rings. The smallest absolute Gasteiger partial charge is 0.214 e. The van der Waals surface area contributed by atoms with Crippen LogP contribution in [0.5, 0.6) is 0 Å². The number of ether oxygens (including phenoxy) is 2. The molecule has 0 amide bonds. The predicted octanol–water partition coefficient (Wildman–Crippen LogP) is 2.56. The third-order valence-corrected chi connectivity index (χ3v) is 3.77. The molecular formula is C13H18O3. The summed E-state index contributed by atoms with van der Waals surface area (Å²) < 4.78 is 11.7.